The van der Waals surface area contributed by atoms with Crippen LogP contribution in [0.1, 0.15) is 49.0 Å². The number of rotatable bonds is 4. The normalized spacial score (nSPS) is 13.1. The SMILES string of the molecule is Cc1ccc(C(C)C)c(C(O)CCN)c1O. The van der Waals surface area contributed by atoms with Gasteiger partial charge in [-0.25, -0.2) is 0 Å². The Labute approximate surface area is 96.9 Å². The van der Waals surface area contributed by atoms with Crippen LogP contribution in [0.15, 0.2) is 12.1 Å². The molecule has 1 atom stereocenters. The molecule has 0 amide bonds. The number of benzene rings is 1. The van der Waals surface area contributed by atoms with Crippen LogP contribution in [0.4, 0.5) is 0 Å². The molecular formula is C13H21NO2. The van der Waals surface area contributed by atoms with E-state index in [1.807, 2.05) is 32.9 Å². The van der Waals surface area contributed by atoms with Crippen LogP contribution in [0, 0.1) is 6.92 Å². The summed E-state index contributed by atoms with van der Waals surface area (Å²) in [7, 11) is 0. The summed E-state index contributed by atoms with van der Waals surface area (Å²) in [4.78, 5) is 0. The van der Waals surface area contributed by atoms with Gasteiger partial charge in [0.25, 0.3) is 0 Å². The van der Waals surface area contributed by atoms with Crippen molar-refractivity contribution in [3.05, 3.63) is 28.8 Å². The van der Waals surface area contributed by atoms with Crippen molar-refractivity contribution in [1.29, 1.82) is 0 Å². The lowest BCUT2D eigenvalue weighted by Gasteiger charge is -2.20. The highest BCUT2D eigenvalue weighted by Crippen LogP contribution is 2.35. The number of phenols is 1. The van der Waals surface area contributed by atoms with Gasteiger partial charge in [0.15, 0.2) is 0 Å². The number of aryl methyl sites for hydroxylation is 1. The van der Waals surface area contributed by atoms with E-state index >= 15 is 0 Å². The van der Waals surface area contributed by atoms with E-state index in [1.54, 1.807) is 0 Å². The minimum atomic E-state index is -0.678. The third-order valence-corrected chi connectivity index (χ3v) is 2.85. The van der Waals surface area contributed by atoms with E-state index in [1.165, 1.54) is 0 Å². The van der Waals surface area contributed by atoms with Crippen molar-refractivity contribution < 1.29 is 10.2 Å². The van der Waals surface area contributed by atoms with Gasteiger partial charge in [-0.2, -0.15) is 0 Å². The molecule has 16 heavy (non-hydrogen) atoms. The zero-order valence-corrected chi connectivity index (χ0v) is 10.2. The summed E-state index contributed by atoms with van der Waals surface area (Å²) < 4.78 is 0. The molecule has 0 aliphatic rings. The molecule has 4 N–H and O–H groups in total. The summed E-state index contributed by atoms with van der Waals surface area (Å²) in [5.41, 5.74) is 7.86. The molecule has 1 unspecified atom stereocenters. The maximum atomic E-state index is 10.0. The molecule has 1 rings (SSSR count). The molecule has 1 aromatic carbocycles. The maximum Gasteiger partial charge on any atom is 0.124 e. The lowest BCUT2D eigenvalue weighted by Crippen LogP contribution is -2.10. The van der Waals surface area contributed by atoms with Crippen LogP contribution < -0.4 is 5.73 Å². The van der Waals surface area contributed by atoms with Crippen molar-refractivity contribution >= 4 is 0 Å². The molecule has 0 saturated heterocycles. The summed E-state index contributed by atoms with van der Waals surface area (Å²) in [5, 5.41) is 20.0. The van der Waals surface area contributed by atoms with Crippen LogP contribution in [0.25, 0.3) is 0 Å². The van der Waals surface area contributed by atoms with Crippen LogP contribution in [0.3, 0.4) is 0 Å². The predicted octanol–water partition coefficient (Wildman–Crippen LogP) is 2.21. The minimum absolute atomic E-state index is 0.201. The third kappa shape index (κ3) is 2.54. The van der Waals surface area contributed by atoms with Crippen molar-refractivity contribution in [3.8, 4) is 5.75 Å². The molecule has 0 fully saturated rings. The van der Waals surface area contributed by atoms with E-state index in [2.05, 4.69) is 0 Å². The summed E-state index contributed by atoms with van der Waals surface area (Å²) in [6.45, 7) is 6.33. The molecule has 0 aliphatic carbocycles. The van der Waals surface area contributed by atoms with Crippen LogP contribution >= 0.6 is 0 Å². The number of hydrogen-bond donors (Lipinski definition) is 3. The Hall–Kier alpha value is -1.06. The summed E-state index contributed by atoms with van der Waals surface area (Å²) in [6.07, 6.45) is -0.209. The molecule has 1 aromatic rings. The lowest BCUT2D eigenvalue weighted by molar-refractivity contribution is 0.165. The summed E-state index contributed by atoms with van der Waals surface area (Å²) in [6, 6.07) is 3.85. The standard InChI is InChI=1S/C13H21NO2/c1-8(2)10-5-4-9(3)13(16)12(10)11(15)6-7-14/h4-5,8,11,15-16H,6-7,14H2,1-3H3. The first kappa shape index (κ1) is 13.0. The second-order valence-corrected chi connectivity index (χ2v) is 4.48. The van der Waals surface area contributed by atoms with Crippen molar-refractivity contribution in [3.63, 3.8) is 0 Å². The van der Waals surface area contributed by atoms with Crippen molar-refractivity contribution in [2.75, 3.05) is 6.54 Å². The summed E-state index contributed by atoms with van der Waals surface area (Å²) in [5.74, 6) is 0.473. The van der Waals surface area contributed by atoms with E-state index in [0.717, 1.165) is 11.1 Å². The highest BCUT2D eigenvalue weighted by molar-refractivity contribution is 5.47. The number of hydrogen-bond acceptors (Lipinski definition) is 3. The first-order valence-corrected chi connectivity index (χ1v) is 5.69. The first-order valence-electron chi connectivity index (χ1n) is 5.69. The highest BCUT2D eigenvalue weighted by Gasteiger charge is 2.19. The number of nitrogens with two attached hydrogens (primary N) is 1. The van der Waals surface area contributed by atoms with Crippen LogP contribution in [-0.4, -0.2) is 16.8 Å². The van der Waals surface area contributed by atoms with E-state index in [4.69, 9.17) is 5.73 Å². The Kier molecular flexibility index (Phi) is 4.33. The molecular weight excluding hydrogens is 202 g/mol. The third-order valence-electron chi connectivity index (χ3n) is 2.85. The number of aromatic hydroxyl groups is 1. The van der Waals surface area contributed by atoms with Gasteiger partial charge in [-0.3, -0.25) is 0 Å². The minimum Gasteiger partial charge on any atom is -0.507 e. The Balaban J connectivity index is 3.25. The highest BCUT2D eigenvalue weighted by atomic mass is 16.3. The van der Waals surface area contributed by atoms with Crippen molar-refractivity contribution in [2.24, 2.45) is 5.73 Å². The quantitative estimate of drug-likeness (QED) is 0.733. The van der Waals surface area contributed by atoms with Crippen LogP contribution in [0.2, 0.25) is 0 Å². The molecule has 0 heterocycles. The number of aliphatic hydroxyl groups excluding tert-OH is 1. The largest absolute Gasteiger partial charge is 0.507 e. The van der Waals surface area contributed by atoms with E-state index < -0.39 is 6.10 Å². The van der Waals surface area contributed by atoms with Crippen molar-refractivity contribution in [2.45, 2.75) is 39.2 Å². The lowest BCUT2D eigenvalue weighted by atomic mass is 9.90. The fourth-order valence-electron chi connectivity index (χ4n) is 1.89. The molecule has 0 aromatic heterocycles. The van der Waals surface area contributed by atoms with Crippen LogP contribution in [-0.2, 0) is 0 Å². The monoisotopic (exact) mass is 223 g/mol. The van der Waals surface area contributed by atoms with Gasteiger partial charge < -0.3 is 15.9 Å². The van der Waals surface area contributed by atoms with Crippen LogP contribution in [0.5, 0.6) is 5.75 Å². The zero-order valence-electron chi connectivity index (χ0n) is 10.2. The van der Waals surface area contributed by atoms with Gasteiger partial charge in [-0.15, -0.1) is 0 Å². The smallest absolute Gasteiger partial charge is 0.124 e. The molecule has 90 valence electrons. The molecule has 0 aliphatic heterocycles. The second-order valence-electron chi connectivity index (χ2n) is 4.48. The van der Waals surface area contributed by atoms with Gasteiger partial charge in [0.1, 0.15) is 5.75 Å². The van der Waals surface area contributed by atoms with Gasteiger partial charge >= 0.3 is 0 Å². The van der Waals surface area contributed by atoms with E-state index in [0.29, 0.717) is 18.5 Å². The topological polar surface area (TPSA) is 66.5 Å². The van der Waals surface area contributed by atoms with Gasteiger partial charge in [-0.05, 0) is 36.9 Å². The Bertz CT molecular complexity index is 361. The van der Waals surface area contributed by atoms with Gasteiger partial charge in [0.2, 0.25) is 0 Å². The van der Waals surface area contributed by atoms with Crippen molar-refractivity contribution in [1.82, 2.24) is 0 Å². The number of phenolic OH excluding ortho intramolecular Hbond substituents is 1. The first-order chi connectivity index (χ1) is 7.49. The molecule has 0 saturated carbocycles. The van der Waals surface area contributed by atoms with Gasteiger partial charge in [0, 0.05) is 5.56 Å². The molecule has 0 bridgehead atoms. The average molecular weight is 223 g/mol. The van der Waals surface area contributed by atoms with Gasteiger partial charge in [-0.1, -0.05) is 26.0 Å². The fourth-order valence-corrected chi connectivity index (χ4v) is 1.89. The molecule has 3 heteroatoms. The molecule has 0 radical (unpaired) electrons. The Morgan fingerprint density at radius 1 is 1.31 bits per heavy atom. The second kappa shape index (κ2) is 5.32. The van der Waals surface area contributed by atoms with E-state index in [-0.39, 0.29) is 11.7 Å². The predicted molar refractivity (Wildman–Crippen MR) is 65.6 cm³/mol. The van der Waals surface area contributed by atoms with E-state index in [9.17, 15) is 10.2 Å². The average Bonchev–Trinajstić information content (AvgIpc) is 2.21. The zero-order chi connectivity index (χ0) is 12.3. The number of aliphatic hydroxyl groups is 1. The fraction of sp³-hybridized carbons (Fsp3) is 0.538. The Morgan fingerprint density at radius 3 is 2.44 bits per heavy atom. The molecule has 3 nitrogen and oxygen atoms in total. The summed E-state index contributed by atoms with van der Waals surface area (Å²) >= 11 is 0. The van der Waals surface area contributed by atoms with Gasteiger partial charge in [0.05, 0.1) is 6.10 Å². The maximum absolute atomic E-state index is 10.0. The Morgan fingerprint density at radius 2 is 1.94 bits per heavy atom. The molecule has 0 spiro atoms.